The first-order valence-electron chi connectivity index (χ1n) is 8.32. The van der Waals surface area contributed by atoms with Crippen LogP contribution in [0.3, 0.4) is 0 Å². The van der Waals surface area contributed by atoms with Crippen LogP contribution in [0.5, 0.6) is 0 Å². The van der Waals surface area contributed by atoms with Crippen LogP contribution in [0.1, 0.15) is 28.4 Å². The highest BCUT2D eigenvalue weighted by Gasteiger charge is 2.07. The van der Waals surface area contributed by atoms with Gasteiger partial charge in [0.05, 0.1) is 11.9 Å². The second-order valence-corrected chi connectivity index (χ2v) is 5.92. The number of hydrogen-bond acceptors (Lipinski definition) is 3. The lowest BCUT2D eigenvalue weighted by Gasteiger charge is -2.06. The molecule has 0 unspecified atom stereocenters. The highest BCUT2D eigenvalue weighted by Crippen LogP contribution is 2.08. The van der Waals surface area contributed by atoms with Crippen LogP contribution in [0.4, 0.5) is 0 Å². The Kier molecular flexibility index (Phi) is 5.43. The fourth-order valence-corrected chi connectivity index (χ4v) is 2.46. The summed E-state index contributed by atoms with van der Waals surface area (Å²) in [4.78, 5) is 23.2. The van der Waals surface area contributed by atoms with E-state index in [9.17, 15) is 9.59 Å². The van der Waals surface area contributed by atoms with Gasteiger partial charge in [-0.3, -0.25) is 9.59 Å². The SMILES string of the molecule is CC(=O)NCc1ccc(C(=O)NCc2cnn(-c3ccccc3)c2)cc1. The van der Waals surface area contributed by atoms with E-state index in [0.717, 1.165) is 16.8 Å². The first-order chi connectivity index (χ1) is 12.6. The second-order valence-electron chi connectivity index (χ2n) is 5.92. The number of benzene rings is 2. The van der Waals surface area contributed by atoms with Crippen LogP contribution in [-0.4, -0.2) is 21.6 Å². The minimum absolute atomic E-state index is 0.0807. The molecule has 0 bridgehead atoms. The lowest BCUT2D eigenvalue weighted by atomic mass is 10.1. The van der Waals surface area contributed by atoms with Crippen LogP contribution in [-0.2, 0) is 17.9 Å². The van der Waals surface area contributed by atoms with Crippen molar-refractivity contribution in [2.45, 2.75) is 20.0 Å². The van der Waals surface area contributed by atoms with Crippen molar-refractivity contribution < 1.29 is 9.59 Å². The zero-order valence-corrected chi connectivity index (χ0v) is 14.5. The predicted octanol–water partition coefficient (Wildman–Crippen LogP) is 2.44. The van der Waals surface area contributed by atoms with E-state index >= 15 is 0 Å². The standard InChI is InChI=1S/C20H20N4O2/c1-15(25)21-11-16-7-9-18(10-8-16)20(26)22-12-17-13-23-24(14-17)19-5-3-2-4-6-19/h2-10,13-14H,11-12H2,1H3,(H,21,25)(H,22,26). The number of carbonyl (C=O) groups is 2. The van der Waals surface area contributed by atoms with E-state index in [4.69, 9.17) is 0 Å². The Labute approximate surface area is 151 Å². The summed E-state index contributed by atoms with van der Waals surface area (Å²) in [7, 11) is 0. The molecule has 2 N–H and O–H groups in total. The minimum Gasteiger partial charge on any atom is -0.352 e. The van der Waals surface area contributed by atoms with Gasteiger partial charge in [-0.15, -0.1) is 0 Å². The number of amides is 2. The number of rotatable bonds is 6. The minimum atomic E-state index is -0.150. The molecule has 132 valence electrons. The number of carbonyl (C=O) groups excluding carboxylic acids is 2. The third-order valence-corrected chi connectivity index (χ3v) is 3.87. The molecule has 0 fully saturated rings. The van der Waals surface area contributed by atoms with Crippen LogP contribution in [0.2, 0.25) is 0 Å². The fourth-order valence-electron chi connectivity index (χ4n) is 2.46. The molecular formula is C20H20N4O2. The summed E-state index contributed by atoms with van der Waals surface area (Å²) in [5.41, 5.74) is 3.41. The Morgan fingerprint density at radius 3 is 2.31 bits per heavy atom. The molecule has 1 aromatic heterocycles. The number of nitrogens with one attached hydrogen (secondary N) is 2. The van der Waals surface area contributed by atoms with E-state index in [-0.39, 0.29) is 11.8 Å². The lowest BCUT2D eigenvalue weighted by Crippen LogP contribution is -2.23. The Bertz CT molecular complexity index is 886. The average molecular weight is 348 g/mol. The smallest absolute Gasteiger partial charge is 0.251 e. The van der Waals surface area contributed by atoms with E-state index < -0.39 is 0 Å². The van der Waals surface area contributed by atoms with Gasteiger partial charge in [0.2, 0.25) is 5.91 Å². The molecule has 0 aliphatic heterocycles. The van der Waals surface area contributed by atoms with Crippen molar-refractivity contribution in [2.75, 3.05) is 0 Å². The summed E-state index contributed by atoms with van der Waals surface area (Å²) in [6.45, 7) is 2.33. The van der Waals surface area contributed by atoms with Crippen LogP contribution >= 0.6 is 0 Å². The van der Waals surface area contributed by atoms with Crippen molar-refractivity contribution in [3.8, 4) is 5.69 Å². The molecule has 0 saturated heterocycles. The summed E-state index contributed by atoms with van der Waals surface area (Å²) in [5, 5.41) is 9.93. The Morgan fingerprint density at radius 2 is 1.62 bits per heavy atom. The molecule has 0 aliphatic rings. The molecule has 1 heterocycles. The maximum Gasteiger partial charge on any atom is 0.251 e. The zero-order valence-electron chi connectivity index (χ0n) is 14.5. The van der Waals surface area contributed by atoms with Crippen molar-refractivity contribution in [3.63, 3.8) is 0 Å². The molecule has 2 aromatic carbocycles. The summed E-state index contributed by atoms with van der Waals surface area (Å²) < 4.78 is 1.78. The maximum atomic E-state index is 12.3. The van der Waals surface area contributed by atoms with Crippen molar-refractivity contribution in [1.29, 1.82) is 0 Å². The lowest BCUT2D eigenvalue weighted by molar-refractivity contribution is -0.119. The molecular weight excluding hydrogens is 328 g/mol. The van der Waals surface area contributed by atoms with Crippen LogP contribution in [0, 0.1) is 0 Å². The van der Waals surface area contributed by atoms with Gasteiger partial charge in [-0.2, -0.15) is 5.10 Å². The maximum absolute atomic E-state index is 12.3. The molecule has 26 heavy (non-hydrogen) atoms. The highest BCUT2D eigenvalue weighted by atomic mass is 16.2. The zero-order chi connectivity index (χ0) is 18.4. The van der Waals surface area contributed by atoms with Gasteiger partial charge in [0.25, 0.3) is 5.91 Å². The van der Waals surface area contributed by atoms with Crippen molar-refractivity contribution in [3.05, 3.63) is 83.7 Å². The Morgan fingerprint density at radius 1 is 0.923 bits per heavy atom. The van der Waals surface area contributed by atoms with Crippen LogP contribution in [0.25, 0.3) is 5.69 Å². The molecule has 0 atom stereocenters. The average Bonchev–Trinajstić information content (AvgIpc) is 3.14. The van der Waals surface area contributed by atoms with Gasteiger partial charge in [0.15, 0.2) is 0 Å². The van der Waals surface area contributed by atoms with Crippen LogP contribution < -0.4 is 10.6 Å². The van der Waals surface area contributed by atoms with Crippen molar-refractivity contribution in [1.82, 2.24) is 20.4 Å². The van der Waals surface area contributed by atoms with E-state index in [0.29, 0.717) is 18.7 Å². The van der Waals surface area contributed by atoms with Gasteiger partial charge in [0.1, 0.15) is 0 Å². The van der Waals surface area contributed by atoms with Gasteiger partial charge in [-0.1, -0.05) is 30.3 Å². The van der Waals surface area contributed by atoms with Crippen molar-refractivity contribution in [2.24, 2.45) is 0 Å². The van der Waals surface area contributed by atoms with Gasteiger partial charge in [-0.05, 0) is 29.8 Å². The topological polar surface area (TPSA) is 76.0 Å². The predicted molar refractivity (Wildman–Crippen MR) is 98.7 cm³/mol. The first-order valence-corrected chi connectivity index (χ1v) is 8.32. The molecule has 3 aromatic rings. The third kappa shape index (κ3) is 4.57. The summed E-state index contributed by atoms with van der Waals surface area (Å²) in [5.74, 6) is -0.230. The molecule has 6 heteroatoms. The highest BCUT2D eigenvalue weighted by molar-refractivity contribution is 5.94. The first kappa shape index (κ1) is 17.4. The molecule has 3 rings (SSSR count). The number of nitrogens with zero attached hydrogens (tertiary/aromatic N) is 2. The van der Waals surface area contributed by atoms with E-state index in [1.807, 2.05) is 48.7 Å². The summed E-state index contributed by atoms with van der Waals surface area (Å²) in [6.07, 6.45) is 3.63. The molecule has 0 saturated carbocycles. The number of hydrogen-bond donors (Lipinski definition) is 2. The van der Waals surface area contributed by atoms with Gasteiger partial charge < -0.3 is 10.6 Å². The number of aromatic nitrogens is 2. The van der Waals surface area contributed by atoms with Gasteiger partial charge in [0, 0.05) is 37.3 Å². The van der Waals surface area contributed by atoms with Gasteiger partial charge >= 0.3 is 0 Å². The monoisotopic (exact) mass is 348 g/mol. The van der Waals surface area contributed by atoms with E-state index in [1.165, 1.54) is 6.92 Å². The summed E-state index contributed by atoms with van der Waals surface area (Å²) >= 11 is 0. The number of para-hydroxylation sites is 1. The van der Waals surface area contributed by atoms with E-state index in [1.54, 1.807) is 23.0 Å². The molecule has 2 amide bonds. The molecule has 0 spiro atoms. The molecule has 6 nitrogen and oxygen atoms in total. The Balaban J connectivity index is 1.55. The fraction of sp³-hybridized carbons (Fsp3) is 0.150. The largest absolute Gasteiger partial charge is 0.352 e. The third-order valence-electron chi connectivity index (χ3n) is 3.87. The summed E-state index contributed by atoms with van der Waals surface area (Å²) in [6, 6.07) is 17.0. The normalized spacial score (nSPS) is 10.3. The second kappa shape index (κ2) is 8.11. The quantitative estimate of drug-likeness (QED) is 0.718. The van der Waals surface area contributed by atoms with E-state index in [2.05, 4.69) is 15.7 Å². The molecule has 0 aliphatic carbocycles. The molecule has 0 radical (unpaired) electrons. The van der Waals surface area contributed by atoms with Gasteiger partial charge in [-0.25, -0.2) is 4.68 Å². The van der Waals surface area contributed by atoms with Crippen LogP contribution in [0.15, 0.2) is 67.0 Å². The Hall–Kier alpha value is -3.41. The van der Waals surface area contributed by atoms with Crippen molar-refractivity contribution >= 4 is 11.8 Å².